The molecule has 4 rings (SSSR count). The minimum atomic E-state index is -3.61. The highest BCUT2D eigenvalue weighted by Crippen LogP contribution is 2.31. The van der Waals surface area contributed by atoms with Crippen LogP contribution in [0.25, 0.3) is 10.9 Å². The zero-order chi connectivity index (χ0) is 24.0. The SMILES string of the molecule is Cc1c(S(=O)(=O)CCNC(=O)NCCc2ccccc2)c2ccccc2n1Cc1ccccc1. The van der Waals surface area contributed by atoms with E-state index in [-0.39, 0.29) is 18.3 Å². The molecule has 0 aliphatic heterocycles. The van der Waals surface area contributed by atoms with Gasteiger partial charge in [0.1, 0.15) is 0 Å². The maximum absolute atomic E-state index is 13.3. The molecule has 7 heteroatoms. The van der Waals surface area contributed by atoms with Crippen molar-refractivity contribution >= 4 is 26.8 Å². The summed E-state index contributed by atoms with van der Waals surface area (Å²) in [5, 5.41) is 6.16. The number of fused-ring (bicyclic) bond motifs is 1. The van der Waals surface area contributed by atoms with E-state index < -0.39 is 9.84 Å². The van der Waals surface area contributed by atoms with Crippen LogP contribution in [0.4, 0.5) is 4.79 Å². The molecule has 0 aliphatic rings. The fraction of sp³-hybridized carbons (Fsp3) is 0.222. The third-order valence-corrected chi connectivity index (χ3v) is 7.74. The van der Waals surface area contributed by atoms with E-state index in [2.05, 4.69) is 10.6 Å². The number of para-hydroxylation sites is 1. The largest absolute Gasteiger partial charge is 0.339 e. The fourth-order valence-corrected chi connectivity index (χ4v) is 5.83. The Balaban J connectivity index is 1.42. The van der Waals surface area contributed by atoms with Crippen LogP contribution >= 0.6 is 0 Å². The van der Waals surface area contributed by atoms with E-state index in [1.54, 1.807) is 0 Å². The van der Waals surface area contributed by atoms with E-state index in [1.165, 1.54) is 0 Å². The molecule has 0 atom stereocenters. The maximum Gasteiger partial charge on any atom is 0.314 e. The number of urea groups is 1. The lowest BCUT2D eigenvalue weighted by Gasteiger charge is -2.10. The predicted molar refractivity (Wildman–Crippen MR) is 136 cm³/mol. The molecule has 0 fully saturated rings. The Hall–Kier alpha value is -3.58. The standard InChI is InChI=1S/C27H29N3O3S/c1-21-26(24-14-8-9-15-25(24)30(21)20-23-12-6-3-7-13-23)34(32,33)19-18-29-27(31)28-17-16-22-10-4-2-5-11-22/h2-15H,16-20H2,1H3,(H2,28,29,31). The van der Waals surface area contributed by atoms with Crippen molar-refractivity contribution < 1.29 is 13.2 Å². The van der Waals surface area contributed by atoms with Gasteiger partial charge in [-0.1, -0.05) is 78.9 Å². The zero-order valence-corrected chi connectivity index (χ0v) is 20.0. The number of rotatable bonds is 9. The number of hydrogen-bond donors (Lipinski definition) is 2. The van der Waals surface area contributed by atoms with Crippen molar-refractivity contribution in [3.63, 3.8) is 0 Å². The molecular formula is C27H29N3O3S. The molecule has 0 saturated heterocycles. The molecule has 0 aliphatic carbocycles. The Labute approximate surface area is 200 Å². The first kappa shape index (κ1) is 23.6. The topological polar surface area (TPSA) is 80.2 Å². The molecule has 2 amide bonds. The van der Waals surface area contributed by atoms with Gasteiger partial charge in [-0.25, -0.2) is 13.2 Å². The van der Waals surface area contributed by atoms with E-state index in [9.17, 15) is 13.2 Å². The molecule has 34 heavy (non-hydrogen) atoms. The maximum atomic E-state index is 13.3. The van der Waals surface area contributed by atoms with Crippen LogP contribution in [0.5, 0.6) is 0 Å². The van der Waals surface area contributed by atoms with E-state index in [1.807, 2.05) is 96.4 Å². The summed E-state index contributed by atoms with van der Waals surface area (Å²) in [6.07, 6.45) is 0.715. The summed E-state index contributed by atoms with van der Waals surface area (Å²) in [5.41, 5.74) is 3.82. The van der Waals surface area contributed by atoms with E-state index in [0.29, 0.717) is 35.5 Å². The monoisotopic (exact) mass is 475 g/mol. The van der Waals surface area contributed by atoms with Gasteiger partial charge in [-0.2, -0.15) is 0 Å². The van der Waals surface area contributed by atoms with Crippen LogP contribution in [0.3, 0.4) is 0 Å². The summed E-state index contributed by atoms with van der Waals surface area (Å²) >= 11 is 0. The molecule has 176 valence electrons. The smallest absolute Gasteiger partial charge is 0.314 e. The third kappa shape index (κ3) is 5.48. The summed E-state index contributed by atoms with van der Waals surface area (Å²) < 4.78 is 28.7. The molecule has 0 saturated carbocycles. The van der Waals surface area contributed by atoms with Crippen molar-refractivity contribution in [2.75, 3.05) is 18.8 Å². The molecular weight excluding hydrogens is 446 g/mol. The quantitative estimate of drug-likeness (QED) is 0.379. The summed E-state index contributed by atoms with van der Waals surface area (Å²) in [5.74, 6) is -0.167. The van der Waals surface area contributed by atoms with Crippen LogP contribution in [-0.4, -0.2) is 37.9 Å². The molecule has 4 aromatic rings. The molecule has 0 bridgehead atoms. The second kappa shape index (κ2) is 10.6. The number of nitrogens with one attached hydrogen (secondary N) is 2. The molecule has 1 aromatic heterocycles. The molecule has 0 spiro atoms. The number of benzene rings is 3. The van der Waals surface area contributed by atoms with Crippen molar-refractivity contribution in [2.45, 2.75) is 24.8 Å². The molecule has 6 nitrogen and oxygen atoms in total. The van der Waals surface area contributed by atoms with Crippen LogP contribution in [0.2, 0.25) is 0 Å². The van der Waals surface area contributed by atoms with Crippen molar-refractivity contribution in [3.05, 3.63) is 102 Å². The van der Waals surface area contributed by atoms with Gasteiger partial charge in [-0.05, 0) is 30.5 Å². The molecule has 3 aromatic carbocycles. The predicted octanol–water partition coefficient (Wildman–Crippen LogP) is 4.31. The third-order valence-electron chi connectivity index (χ3n) is 5.87. The average molecular weight is 476 g/mol. The van der Waals surface area contributed by atoms with Crippen LogP contribution < -0.4 is 10.6 Å². The Morgan fingerprint density at radius 1 is 0.794 bits per heavy atom. The normalized spacial score (nSPS) is 11.4. The van der Waals surface area contributed by atoms with E-state index in [4.69, 9.17) is 0 Å². The molecule has 2 N–H and O–H groups in total. The number of nitrogens with zero attached hydrogens (tertiary/aromatic N) is 1. The highest BCUT2D eigenvalue weighted by molar-refractivity contribution is 7.91. The van der Waals surface area contributed by atoms with Gasteiger partial charge in [0.05, 0.1) is 10.6 Å². The summed E-state index contributed by atoms with van der Waals surface area (Å²) in [4.78, 5) is 12.5. The fourth-order valence-electron chi connectivity index (χ4n) is 4.19. The van der Waals surface area contributed by atoms with Gasteiger partial charge in [-0.15, -0.1) is 0 Å². The van der Waals surface area contributed by atoms with Crippen LogP contribution in [0.15, 0.2) is 89.8 Å². The van der Waals surface area contributed by atoms with Gasteiger partial charge < -0.3 is 15.2 Å². The van der Waals surface area contributed by atoms with Crippen LogP contribution in [0, 0.1) is 6.92 Å². The van der Waals surface area contributed by atoms with Crippen molar-refractivity contribution in [1.82, 2.24) is 15.2 Å². The Morgan fingerprint density at radius 2 is 1.38 bits per heavy atom. The first-order valence-corrected chi connectivity index (χ1v) is 13.0. The number of hydrogen-bond acceptors (Lipinski definition) is 3. The van der Waals surface area contributed by atoms with Crippen molar-refractivity contribution in [1.29, 1.82) is 0 Å². The summed E-state index contributed by atoms with van der Waals surface area (Å²) in [6, 6.07) is 27.0. The van der Waals surface area contributed by atoms with Gasteiger partial charge in [0, 0.05) is 36.2 Å². The highest BCUT2D eigenvalue weighted by atomic mass is 32.2. The number of carbonyl (C=O) groups is 1. The second-order valence-corrected chi connectivity index (χ2v) is 10.3. The van der Waals surface area contributed by atoms with Gasteiger partial charge in [0.15, 0.2) is 9.84 Å². The average Bonchev–Trinajstić information content (AvgIpc) is 3.12. The highest BCUT2D eigenvalue weighted by Gasteiger charge is 2.25. The second-order valence-electron chi connectivity index (χ2n) is 8.24. The number of carbonyl (C=O) groups excluding carboxylic acids is 1. The Morgan fingerprint density at radius 3 is 2.09 bits per heavy atom. The van der Waals surface area contributed by atoms with Crippen molar-refractivity contribution in [3.8, 4) is 0 Å². The van der Waals surface area contributed by atoms with E-state index >= 15 is 0 Å². The van der Waals surface area contributed by atoms with Crippen LogP contribution in [-0.2, 0) is 22.8 Å². The van der Waals surface area contributed by atoms with Gasteiger partial charge in [0.25, 0.3) is 0 Å². The summed E-state index contributed by atoms with van der Waals surface area (Å²) in [6.45, 7) is 2.95. The minimum absolute atomic E-state index is 0.0388. The molecule has 0 radical (unpaired) electrons. The summed E-state index contributed by atoms with van der Waals surface area (Å²) in [7, 11) is -3.61. The molecule has 0 unspecified atom stereocenters. The van der Waals surface area contributed by atoms with E-state index in [0.717, 1.165) is 16.6 Å². The Kier molecular flexibility index (Phi) is 7.33. The van der Waals surface area contributed by atoms with Gasteiger partial charge >= 0.3 is 6.03 Å². The number of amides is 2. The number of aromatic nitrogens is 1. The first-order valence-electron chi connectivity index (χ1n) is 11.4. The van der Waals surface area contributed by atoms with Crippen LogP contribution in [0.1, 0.15) is 16.8 Å². The van der Waals surface area contributed by atoms with Gasteiger partial charge in [0.2, 0.25) is 0 Å². The lowest BCUT2D eigenvalue weighted by molar-refractivity contribution is 0.241. The number of sulfone groups is 1. The first-order chi connectivity index (χ1) is 16.5. The minimum Gasteiger partial charge on any atom is -0.339 e. The molecule has 1 heterocycles. The zero-order valence-electron chi connectivity index (χ0n) is 19.2. The lowest BCUT2D eigenvalue weighted by Crippen LogP contribution is -2.38. The van der Waals surface area contributed by atoms with Crippen molar-refractivity contribution in [2.24, 2.45) is 0 Å². The Bertz CT molecular complexity index is 1360. The lowest BCUT2D eigenvalue weighted by atomic mass is 10.1. The van der Waals surface area contributed by atoms with Gasteiger partial charge in [-0.3, -0.25) is 0 Å².